The van der Waals surface area contributed by atoms with Crippen LogP contribution in [0.4, 0.5) is 5.69 Å². The van der Waals surface area contributed by atoms with Crippen molar-refractivity contribution >= 4 is 23.6 Å². The Morgan fingerprint density at radius 2 is 1.90 bits per heavy atom. The lowest BCUT2D eigenvalue weighted by atomic mass is 10.2. The van der Waals surface area contributed by atoms with Crippen LogP contribution >= 0.6 is 0 Å². The molecule has 1 aromatic carbocycles. The van der Waals surface area contributed by atoms with Crippen molar-refractivity contribution in [2.45, 2.75) is 6.42 Å². The monoisotopic (exact) mass is 277 g/mol. The number of rotatable bonds is 6. The smallest absolute Gasteiger partial charge is 0.245 e. The summed E-state index contributed by atoms with van der Waals surface area (Å²) in [4.78, 5) is 24.2. The molecule has 0 bridgehead atoms. The molecule has 0 heterocycles. The molecule has 2 amide bonds. The second-order valence-electron chi connectivity index (χ2n) is 4.40. The fourth-order valence-electron chi connectivity index (χ4n) is 1.47. The largest absolute Gasteiger partial charge is 0.378 e. The predicted molar refractivity (Wildman–Crippen MR) is 77.4 cm³/mol. The van der Waals surface area contributed by atoms with Crippen molar-refractivity contribution < 1.29 is 14.8 Å². The van der Waals surface area contributed by atoms with Crippen molar-refractivity contribution in [2.75, 3.05) is 25.5 Å². The van der Waals surface area contributed by atoms with E-state index in [0.717, 1.165) is 11.3 Å². The summed E-state index contributed by atoms with van der Waals surface area (Å²) in [7, 11) is 3.92. The van der Waals surface area contributed by atoms with Gasteiger partial charge in [-0.3, -0.25) is 14.8 Å². The molecule has 0 unspecified atom stereocenters. The van der Waals surface area contributed by atoms with Gasteiger partial charge in [0.25, 0.3) is 0 Å². The maximum Gasteiger partial charge on any atom is 0.245 e. The summed E-state index contributed by atoms with van der Waals surface area (Å²) in [5.41, 5.74) is 3.50. The summed E-state index contributed by atoms with van der Waals surface area (Å²) < 4.78 is 0. The molecule has 6 heteroatoms. The Balaban J connectivity index is 2.42. The molecule has 0 saturated carbocycles. The first-order valence-corrected chi connectivity index (χ1v) is 6.19. The molecule has 20 heavy (non-hydrogen) atoms. The van der Waals surface area contributed by atoms with E-state index < -0.39 is 5.91 Å². The van der Waals surface area contributed by atoms with Gasteiger partial charge in [0.15, 0.2) is 0 Å². The van der Waals surface area contributed by atoms with Gasteiger partial charge in [0.2, 0.25) is 11.8 Å². The second-order valence-corrected chi connectivity index (χ2v) is 4.40. The molecule has 1 rings (SSSR count). The minimum atomic E-state index is -0.534. The molecule has 6 nitrogen and oxygen atoms in total. The average molecular weight is 277 g/mol. The van der Waals surface area contributed by atoms with E-state index in [2.05, 4.69) is 5.32 Å². The predicted octanol–water partition coefficient (Wildman–Crippen LogP) is 0.777. The fourth-order valence-corrected chi connectivity index (χ4v) is 1.47. The first-order valence-electron chi connectivity index (χ1n) is 6.19. The Morgan fingerprint density at radius 1 is 1.25 bits per heavy atom. The Hall–Kier alpha value is -2.34. The third-order valence-electron chi connectivity index (χ3n) is 2.61. The van der Waals surface area contributed by atoms with E-state index in [1.165, 1.54) is 11.6 Å². The zero-order valence-corrected chi connectivity index (χ0v) is 11.6. The molecule has 108 valence electrons. The minimum absolute atomic E-state index is 0.0353. The average Bonchev–Trinajstić information content (AvgIpc) is 2.45. The number of carbonyl (C=O) groups is 2. The van der Waals surface area contributed by atoms with Crippen LogP contribution in [-0.4, -0.2) is 37.7 Å². The van der Waals surface area contributed by atoms with Gasteiger partial charge in [-0.2, -0.15) is 0 Å². The second kappa shape index (κ2) is 7.96. The van der Waals surface area contributed by atoms with Crippen molar-refractivity contribution in [3.8, 4) is 0 Å². The third kappa shape index (κ3) is 5.53. The van der Waals surface area contributed by atoms with E-state index in [1.54, 1.807) is 6.08 Å². The molecular weight excluding hydrogens is 258 g/mol. The van der Waals surface area contributed by atoms with E-state index in [1.807, 2.05) is 43.3 Å². The molecule has 0 spiro atoms. The Bertz CT molecular complexity index is 481. The lowest BCUT2D eigenvalue weighted by molar-refractivity contribution is -0.129. The number of anilines is 1. The zero-order chi connectivity index (χ0) is 15.0. The van der Waals surface area contributed by atoms with Crippen molar-refractivity contribution in [3.63, 3.8) is 0 Å². The molecule has 0 fully saturated rings. The van der Waals surface area contributed by atoms with Crippen molar-refractivity contribution in [3.05, 3.63) is 35.9 Å². The lowest BCUT2D eigenvalue weighted by Gasteiger charge is -2.11. The normalized spacial score (nSPS) is 10.3. The lowest BCUT2D eigenvalue weighted by Crippen LogP contribution is -2.28. The Morgan fingerprint density at radius 3 is 2.45 bits per heavy atom. The molecule has 0 aromatic heterocycles. The summed E-state index contributed by atoms with van der Waals surface area (Å²) in [5.74, 6) is -0.819. The summed E-state index contributed by atoms with van der Waals surface area (Å²) in [6.07, 6.45) is 3.13. The van der Waals surface area contributed by atoms with Gasteiger partial charge in [0.05, 0.1) is 0 Å². The molecule has 0 aliphatic carbocycles. The third-order valence-corrected chi connectivity index (χ3v) is 2.61. The first-order chi connectivity index (χ1) is 9.52. The van der Waals surface area contributed by atoms with Gasteiger partial charge in [0.1, 0.15) is 0 Å². The van der Waals surface area contributed by atoms with E-state index in [0.29, 0.717) is 0 Å². The van der Waals surface area contributed by atoms with Gasteiger partial charge in [-0.25, -0.2) is 5.48 Å². The topological polar surface area (TPSA) is 81.7 Å². The van der Waals surface area contributed by atoms with Gasteiger partial charge in [-0.15, -0.1) is 0 Å². The first kappa shape index (κ1) is 15.7. The van der Waals surface area contributed by atoms with Gasteiger partial charge in [0, 0.05) is 38.8 Å². The number of carbonyl (C=O) groups excluding carboxylic acids is 2. The molecule has 3 N–H and O–H groups in total. The summed E-state index contributed by atoms with van der Waals surface area (Å²) >= 11 is 0. The van der Waals surface area contributed by atoms with Crippen molar-refractivity contribution in [1.29, 1.82) is 0 Å². The van der Waals surface area contributed by atoms with Gasteiger partial charge >= 0.3 is 0 Å². The number of hydrogen-bond donors (Lipinski definition) is 3. The molecule has 0 atom stereocenters. The van der Waals surface area contributed by atoms with E-state index in [4.69, 9.17) is 5.21 Å². The SMILES string of the molecule is CN(C)c1ccc(/C=C/C(=O)NCCC(=O)NO)cc1. The number of nitrogens with one attached hydrogen (secondary N) is 2. The van der Waals surface area contributed by atoms with Crippen LogP contribution in [0, 0.1) is 0 Å². The Kier molecular flexibility index (Phi) is 6.25. The number of benzene rings is 1. The van der Waals surface area contributed by atoms with E-state index in [9.17, 15) is 9.59 Å². The molecular formula is C14H19N3O3. The fraction of sp³-hybridized carbons (Fsp3) is 0.286. The summed E-state index contributed by atoms with van der Waals surface area (Å²) in [6, 6.07) is 7.75. The minimum Gasteiger partial charge on any atom is -0.378 e. The number of hydrogen-bond acceptors (Lipinski definition) is 4. The molecule has 1 aromatic rings. The molecule has 0 aliphatic heterocycles. The van der Waals surface area contributed by atoms with Crippen LogP contribution in [0.3, 0.4) is 0 Å². The summed E-state index contributed by atoms with van der Waals surface area (Å²) in [5, 5.41) is 10.8. The maximum absolute atomic E-state index is 11.5. The number of hydroxylamine groups is 1. The van der Waals surface area contributed by atoms with E-state index >= 15 is 0 Å². The van der Waals surface area contributed by atoms with Crippen LogP contribution in [0.2, 0.25) is 0 Å². The highest BCUT2D eigenvalue weighted by Gasteiger charge is 2.00. The Labute approximate surface area is 118 Å². The highest BCUT2D eigenvalue weighted by Crippen LogP contribution is 2.12. The van der Waals surface area contributed by atoms with Gasteiger partial charge < -0.3 is 10.2 Å². The molecule has 0 saturated heterocycles. The van der Waals surface area contributed by atoms with Crippen molar-refractivity contribution in [2.24, 2.45) is 0 Å². The van der Waals surface area contributed by atoms with E-state index in [-0.39, 0.29) is 18.9 Å². The molecule has 0 aliphatic rings. The van der Waals surface area contributed by atoms with Gasteiger partial charge in [-0.1, -0.05) is 12.1 Å². The zero-order valence-electron chi connectivity index (χ0n) is 11.6. The highest BCUT2D eigenvalue weighted by molar-refractivity contribution is 5.92. The van der Waals surface area contributed by atoms with Crippen LogP contribution in [0.1, 0.15) is 12.0 Å². The molecule has 0 radical (unpaired) electrons. The number of amides is 2. The number of nitrogens with zero attached hydrogens (tertiary/aromatic N) is 1. The standard InChI is InChI=1S/C14H19N3O3/c1-17(2)12-6-3-11(4-7-12)5-8-13(18)15-10-9-14(19)16-20/h3-8,20H,9-10H2,1-2H3,(H,15,18)(H,16,19)/b8-5+. The quantitative estimate of drug-likeness (QED) is 0.408. The van der Waals surface area contributed by atoms with Crippen LogP contribution in [0.15, 0.2) is 30.3 Å². The van der Waals surface area contributed by atoms with Crippen LogP contribution in [-0.2, 0) is 9.59 Å². The highest BCUT2D eigenvalue weighted by atomic mass is 16.5. The van der Waals surface area contributed by atoms with Gasteiger partial charge in [-0.05, 0) is 23.8 Å². The van der Waals surface area contributed by atoms with Crippen LogP contribution in [0.25, 0.3) is 6.08 Å². The van der Waals surface area contributed by atoms with Crippen LogP contribution < -0.4 is 15.7 Å². The maximum atomic E-state index is 11.5. The van der Waals surface area contributed by atoms with Crippen molar-refractivity contribution in [1.82, 2.24) is 10.8 Å². The summed E-state index contributed by atoms with van der Waals surface area (Å²) in [6.45, 7) is 0.176. The van der Waals surface area contributed by atoms with Crippen LogP contribution in [0.5, 0.6) is 0 Å².